The lowest BCUT2D eigenvalue weighted by Gasteiger charge is -2.05. The molecule has 0 bridgehead atoms. The highest BCUT2D eigenvalue weighted by molar-refractivity contribution is 7.90. The zero-order chi connectivity index (χ0) is 16.0. The lowest BCUT2D eigenvalue weighted by molar-refractivity contribution is 0.101. The monoisotopic (exact) mass is 305 g/mol. The van der Waals surface area contributed by atoms with E-state index in [4.69, 9.17) is 0 Å². The number of aryl methyl sites for hydroxylation is 2. The highest BCUT2D eigenvalue weighted by atomic mass is 32.2. The molecule has 0 atom stereocenters. The first kappa shape index (κ1) is 17.0. The number of sulfone groups is 1. The summed E-state index contributed by atoms with van der Waals surface area (Å²) in [6, 6.07) is 8.97. The van der Waals surface area contributed by atoms with Crippen LogP contribution in [0.25, 0.3) is 0 Å². The maximum Gasteiger partial charge on any atom is 0.176 e. The van der Waals surface area contributed by atoms with E-state index in [1.807, 2.05) is 32.0 Å². The first-order valence-electron chi connectivity index (χ1n) is 6.40. The minimum atomic E-state index is -3.06. The fourth-order valence-corrected chi connectivity index (χ4v) is 3.26. The Morgan fingerprint density at radius 1 is 1.05 bits per heavy atom. The largest absolute Gasteiger partial charge is 0.294 e. The summed E-state index contributed by atoms with van der Waals surface area (Å²) in [6.07, 6.45) is 4.44. The van der Waals surface area contributed by atoms with Gasteiger partial charge in [-0.1, -0.05) is 18.2 Å². The number of aromatic nitrogens is 1. The zero-order valence-corrected chi connectivity index (χ0v) is 13.4. The van der Waals surface area contributed by atoms with E-state index in [2.05, 4.69) is 4.98 Å². The molecule has 0 aliphatic heterocycles. The van der Waals surface area contributed by atoms with E-state index in [-0.39, 0.29) is 5.78 Å². The molecule has 5 heteroatoms. The van der Waals surface area contributed by atoms with Crippen LogP contribution in [0.5, 0.6) is 0 Å². The van der Waals surface area contributed by atoms with Gasteiger partial charge in [-0.25, -0.2) is 8.42 Å². The van der Waals surface area contributed by atoms with Gasteiger partial charge in [-0.2, -0.15) is 0 Å². The molecule has 1 aromatic carbocycles. The van der Waals surface area contributed by atoms with Crippen LogP contribution in [0, 0.1) is 13.8 Å². The van der Waals surface area contributed by atoms with Crippen LogP contribution in [0.1, 0.15) is 28.4 Å². The molecule has 112 valence electrons. The van der Waals surface area contributed by atoms with Crippen molar-refractivity contribution >= 4 is 15.6 Å². The number of benzene rings is 1. The third kappa shape index (κ3) is 5.11. The molecule has 0 saturated heterocycles. The van der Waals surface area contributed by atoms with E-state index in [0.29, 0.717) is 10.5 Å². The summed E-state index contributed by atoms with van der Waals surface area (Å²) in [5.74, 6) is 0.0584. The molecule has 0 spiro atoms. The SMILES string of the molecule is CC(=O)c1cccnc1.Cc1cccc(C)c1S(C)(=O)=O. The normalized spacial score (nSPS) is 10.5. The van der Waals surface area contributed by atoms with Crippen molar-refractivity contribution in [2.24, 2.45) is 0 Å². The number of nitrogens with zero attached hydrogens (tertiary/aromatic N) is 1. The number of hydrogen-bond acceptors (Lipinski definition) is 4. The van der Waals surface area contributed by atoms with Gasteiger partial charge in [0.05, 0.1) is 4.90 Å². The van der Waals surface area contributed by atoms with Gasteiger partial charge >= 0.3 is 0 Å². The Morgan fingerprint density at radius 2 is 1.62 bits per heavy atom. The first-order valence-corrected chi connectivity index (χ1v) is 8.30. The molecule has 0 fully saturated rings. The number of carbonyl (C=O) groups excluding carboxylic acids is 1. The van der Waals surface area contributed by atoms with Crippen molar-refractivity contribution in [2.45, 2.75) is 25.7 Å². The van der Waals surface area contributed by atoms with Crippen LogP contribution in [0.15, 0.2) is 47.6 Å². The number of pyridine rings is 1. The molecule has 0 aliphatic rings. The molecular formula is C16H19NO3S. The zero-order valence-electron chi connectivity index (χ0n) is 12.6. The number of carbonyl (C=O) groups is 1. The molecule has 1 aromatic heterocycles. The molecule has 0 unspecified atom stereocenters. The molecule has 0 amide bonds. The van der Waals surface area contributed by atoms with Gasteiger partial charge in [0.15, 0.2) is 15.6 Å². The Morgan fingerprint density at radius 3 is 1.90 bits per heavy atom. The van der Waals surface area contributed by atoms with E-state index in [1.54, 1.807) is 24.5 Å². The van der Waals surface area contributed by atoms with Crippen LogP contribution in [-0.4, -0.2) is 25.4 Å². The van der Waals surface area contributed by atoms with Gasteiger partial charge in [0.1, 0.15) is 0 Å². The van der Waals surface area contributed by atoms with Crippen molar-refractivity contribution in [2.75, 3.05) is 6.26 Å². The Labute approximate surface area is 125 Å². The number of hydrogen-bond donors (Lipinski definition) is 0. The third-order valence-electron chi connectivity index (χ3n) is 2.85. The van der Waals surface area contributed by atoms with Crippen molar-refractivity contribution in [3.63, 3.8) is 0 Å². The van der Waals surface area contributed by atoms with E-state index in [1.165, 1.54) is 13.2 Å². The fourth-order valence-electron chi connectivity index (χ4n) is 1.96. The topological polar surface area (TPSA) is 64.1 Å². The minimum Gasteiger partial charge on any atom is -0.294 e. The molecule has 0 radical (unpaired) electrons. The third-order valence-corrected chi connectivity index (χ3v) is 4.23. The molecular weight excluding hydrogens is 286 g/mol. The second-order valence-electron chi connectivity index (χ2n) is 4.79. The maximum atomic E-state index is 11.3. The summed E-state index contributed by atoms with van der Waals surface area (Å²) in [7, 11) is -3.06. The van der Waals surface area contributed by atoms with Crippen LogP contribution in [0.4, 0.5) is 0 Å². The predicted molar refractivity (Wildman–Crippen MR) is 83.3 cm³/mol. The Balaban J connectivity index is 0.000000219. The molecule has 0 N–H and O–H groups in total. The summed E-state index contributed by atoms with van der Waals surface area (Å²) < 4.78 is 22.5. The van der Waals surface area contributed by atoms with E-state index >= 15 is 0 Å². The van der Waals surface area contributed by atoms with E-state index in [0.717, 1.165) is 11.1 Å². The van der Waals surface area contributed by atoms with Gasteiger partial charge in [-0.3, -0.25) is 9.78 Å². The molecule has 2 aromatic rings. The minimum absolute atomic E-state index is 0.0584. The lowest BCUT2D eigenvalue weighted by atomic mass is 10.2. The smallest absolute Gasteiger partial charge is 0.176 e. The van der Waals surface area contributed by atoms with Gasteiger partial charge in [0.2, 0.25) is 0 Å². The summed E-state index contributed by atoms with van der Waals surface area (Å²) in [5.41, 5.74) is 2.30. The van der Waals surface area contributed by atoms with Crippen molar-refractivity contribution in [3.8, 4) is 0 Å². The molecule has 21 heavy (non-hydrogen) atoms. The van der Waals surface area contributed by atoms with Crippen LogP contribution in [-0.2, 0) is 9.84 Å². The van der Waals surface area contributed by atoms with Crippen molar-refractivity contribution in [1.29, 1.82) is 0 Å². The molecule has 0 saturated carbocycles. The number of ketones is 1. The Bertz CT molecular complexity index is 702. The van der Waals surface area contributed by atoms with Crippen molar-refractivity contribution < 1.29 is 13.2 Å². The standard InChI is InChI=1S/C9H12O2S.C7H7NO/c1-7-5-4-6-8(2)9(7)12(3,10)11;1-6(9)7-3-2-4-8-5-7/h4-6H,1-3H3;2-5H,1H3. The summed E-state index contributed by atoms with van der Waals surface area (Å²) in [4.78, 5) is 14.9. The van der Waals surface area contributed by atoms with Crippen molar-refractivity contribution in [1.82, 2.24) is 4.98 Å². The molecule has 1 heterocycles. The van der Waals surface area contributed by atoms with Gasteiger partial charge in [-0.05, 0) is 44.0 Å². The van der Waals surface area contributed by atoms with Gasteiger partial charge in [-0.15, -0.1) is 0 Å². The van der Waals surface area contributed by atoms with Gasteiger partial charge < -0.3 is 0 Å². The Kier molecular flexibility index (Phi) is 5.79. The molecule has 4 nitrogen and oxygen atoms in total. The first-order chi connectivity index (χ1) is 9.73. The molecule has 2 rings (SSSR count). The van der Waals surface area contributed by atoms with Crippen molar-refractivity contribution in [3.05, 3.63) is 59.4 Å². The number of rotatable bonds is 2. The highest BCUT2D eigenvalue weighted by Crippen LogP contribution is 2.18. The predicted octanol–water partition coefficient (Wildman–Crippen LogP) is 2.99. The van der Waals surface area contributed by atoms with Crippen LogP contribution in [0.3, 0.4) is 0 Å². The van der Waals surface area contributed by atoms with Crippen LogP contribution >= 0.6 is 0 Å². The van der Waals surface area contributed by atoms with Crippen LogP contribution < -0.4 is 0 Å². The quantitative estimate of drug-likeness (QED) is 0.800. The van der Waals surface area contributed by atoms with E-state index in [9.17, 15) is 13.2 Å². The van der Waals surface area contributed by atoms with Gasteiger partial charge in [0.25, 0.3) is 0 Å². The summed E-state index contributed by atoms with van der Waals surface area (Å²) in [5, 5.41) is 0. The van der Waals surface area contributed by atoms with Crippen LogP contribution in [0.2, 0.25) is 0 Å². The maximum absolute atomic E-state index is 11.3. The highest BCUT2D eigenvalue weighted by Gasteiger charge is 2.12. The fraction of sp³-hybridized carbons (Fsp3) is 0.250. The Hall–Kier alpha value is -2.01. The summed E-state index contributed by atoms with van der Waals surface area (Å²) in [6.45, 7) is 5.14. The molecule has 0 aliphatic carbocycles. The lowest BCUT2D eigenvalue weighted by Crippen LogP contribution is -2.02. The van der Waals surface area contributed by atoms with Gasteiger partial charge in [0, 0.05) is 24.2 Å². The second kappa shape index (κ2) is 7.13. The summed E-state index contributed by atoms with van der Waals surface area (Å²) >= 11 is 0. The second-order valence-corrected chi connectivity index (χ2v) is 6.74. The average Bonchev–Trinajstić information content (AvgIpc) is 2.38. The van der Waals surface area contributed by atoms with E-state index < -0.39 is 9.84 Å². The number of Topliss-reactive ketones (excluding diaryl/α,β-unsaturated/α-hetero) is 1. The average molecular weight is 305 g/mol.